The molecule has 4 aliphatic rings. The lowest BCUT2D eigenvalue weighted by Crippen LogP contribution is -2.59. The molecule has 4 N–H and O–H groups in total. The second kappa shape index (κ2) is 14.3. The van der Waals surface area contributed by atoms with E-state index in [2.05, 4.69) is 20.3 Å². The third kappa shape index (κ3) is 7.75. The van der Waals surface area contributed by atoms with Crippen LogP contribution < -0.4 is 24.8 Å². The minimum absolute atomic E-state index is 0.0458. The molecule has 51 heavy (non-hydrogen) atoms. The summed E-state index contributed by atoms with van der Waals surface area (Å²) in [5.74, 6) is -3.11. The topological polar surface area (TPSA) is 193 Å². The molecule has 3 fully saturated rings. The number of pyridine rings is 1. The standard InChI is InChI=1S/C35H44FN5O9S/c1-4-49-28-17-37-31(26-14-22(36)9-12-25(26)28)50-23-15-27-30(42)39-35(33(44)40-51(47,48)24-10-11-24)16-21(35)8-6-5-7-19(2)13-20(3)29(38-34(45)46)32(43)41(27)18-23/h6,8-9,12,14,17,19-21,23-24,27,29,38H,4-5,7,10-11,13,15-16,18H2,1-3H3,(H,39,42)(H,40,44)(H,45,46)/b8-6-/t19-,20-,21-,23-,27+,29+,35-/m1/s1. The van der Waals surface area contributed by atoms with Gasteiger partial charge in [-0.2, -0.15) is 0 Å². The minimum Gasteiger partial charge on any atom is -0.492 e. The maximum absolute atomic E-state index is 14.5. The Hall–Kier alpha value is -4.47. The van der Waals surface area contributed by atoms with Crippen molar-refractivity contribution in [1.82, 2.24) is 25.2 Å². The molecule has 7 atom stereocenters. The summed E-state index contributed by atoms with van der Waals surface area (Å²) in [6.45, 7) is 5.78. The number of halogens is 1. The third-order valence-electron chi connectivity index (χ3n) is 10.3. The predicted molar refractivity (Wildman–Crippen MR) is 183 cm³/mol. The number of carbonyl (C=O) groups is 4. The molecule has 6 rings (SSSR count). The van der Waals surface area contributed by atoms with Gasteiger partial charge < -0.3 is 30.1 Å². The van der Waals surface area contributed by atoms with Crippen LogP contribution in [0.4, 0.5) is 9.18 Å². The third-order valence-corrected chi connectivity index (χ3v) is 12.1. The fourth-order valence-corrected chi connectivity index (χ4v) is 8.68. The van der Waals surface area contributed by atoms with Crippen molar-refractivity contribution in [2.75, 3.05) is 13.2 Å². The van der Waals surface area contributed by atoms with Crippen LogP contribution in [0.1, 0.15) is 65.7 Å². The number of allylic oxidation sites excluding steroid dienone is 1. The van der Waals surface area contributed by atoms with E-state index in [0.717, 1.165) is 6.42 Å². The van der Waals surface area contributed by atoms with Crippen LogP contribution in [-0.4, -0.2) is 89.4 Å². The van der Waals surface area contributed by atoms with E-state index in [1.165, 1.54) is 23.2 Å². The van der Waals surface area contributed by atoms with E-state index in [0.29, 0.717) is 48.8 Å². The first-order chi connectivity index (χ1) is 24.2. The molecule has 0 unspecified atom stereocenters. The van der Waals surface area contributed by atoms with Gasteiger partial charge in [-0.1, -0.05) is 26.0 Å². The SMILES string of the molecule is CCOc1cnc(O[C@@H]2C[C@H]3C(=O)N[C@]4(C(=O)NS(=O)(=O)C5CC5)C[C@H]4/C=C\CC[C@@H](C)C[C@@H](C)[C@H](NC(=O)O)C(=O)N3C2)c2cc(F)ccc12. The average Bonchev–Trinajstić information content (AvgIpc) is 3.99. The zero-order chi connectivity index (χ0) is 36.7. The molecule has 0 bridgehead atoms. The Morgan fingerprint density at radius 2 is 1.92 bits per heavy atom. The van der Waals surface area contributed by atoms with E-state index in [1.807, 2.05) is 19.1 Å². The highest BCUT2D eigenvalue weighted by molar-refractivity contribution is 7.91. The molecule has 14 nitrogen and oxygen atoms in total. The number of aromatic nitrogens is 1. The van der Waals surface area contributed by atoms with Crippen molar-refractivity contribution in [1.29, 1.82) is 0 Å². The second-order valence-corrected chi connectivity index (χ2v) is 16.2. The number of rotatable bonds is 8. The number of carboxylic acid groups (broad SMARTS) is 1. The van der Waals surface area contributed by atoms with Gasteiger partial charge in [-0.05, 0) is 75.5 Å². The van der Waals surface area contributed by atoms with Gasteiger partial charge in [0.1, 0.15) is 35.3 Å². The molecule has 3 heterocycles. The number of hydrogen-bond donors (Lipinski definition) is 4. The second-order valence-electron chi connectivity index (χ2n) is 14.2. The van der Waals surface area contributed by atoms with Crippen LogP contribution in [0.5, 0.6) is 11.6 Å². The van der Waals surface area contributed by atoms with Gasteiger partial charge in [0, 0.05) is 17.7 Å². The van der Waals surface area contributed by atoms with Gasteiger partial charge in [-0.25, -0.2) is 22.6 Å². The van der Waals surface area contributed by atoms with Crippen LogP contribution >= 0.6 is 0 Å². The van der Waals surface area contributed by atoms with Crippen molar-refractivity contribution in [2.24, 2.45) is 17.8 Å². The van der Waals surface area contributed by atoms with Crippen LogP contribution in [0, 0.1) is 23.6 Å². The van der Waals surface area contributed by atoms with Crippen LogP contribution in [0.3, 0.4) is 0 Å². The number of amides is 4. The summed E-state index contributed by atoms with van der Waals surface area (Å²) in [7, 11) is -3.93. The van der Waals surface area contributed by atoms with E-state index < -0.39 is 80.5 Å². The molecule has 2 aliphatic heterocycles. The Morgan fingerprint density at radius 3 is 2.63 bits per heavy atom. The molecule has 1 saturated heterocycles. The molecule has 0 spiro atoms. The lowest BCUT2D eigenvalue weighted by Gasteiger charge is -2.32. The average molecular weight is 730 g/mol. The van der Waals surface area contributed by atoms with Gasteiger partial charge in [-0.15, -0.1) is 0 Å². The van der Waals surface area contributed by atoms with Gasteiger partial charge in [0.2, 0.25) is 27.7 Å². The predicted octanol–water partition coefficient (Wildman–Crippen LogP) is 3.25. The van der Waals surface area contributed by atoms with Gasteiger partial charge in [-0.3, -0.25) is 19.1 Å². The largest absolute Gasteiger partial charge is 0.492 e. The number of ether oxygens (including phenoxy) is 2. The van der Waals surface area contributed by atoms with E-state index in [4.69, 9.17) is 9.47 Å². The Morgan fingerprint density at radius 1 is 1.16 bits per heavy atom. The monoisotopic (exact) mass is 729 g/mol. The highest BCUT2D eigenvalue weighted by Gasteiger charge is 2.62. The molecule has 1 aromatic carbocycles. The Kier molecular flexibility index (Phi) is 10.2. The zero-order valence-electron chi connectivity index (χ0n) is 28.8. The quantitative estimate of drug-likeness (QED) is 0.293. The van der Waals surface area contributed by atoms with Crippen molar-refractivity contribution in [3.63, 3.8) is 0 Å². The van der Waals surface area contributed by atoms with E-state index in [-0.39, 0.29) is 31.2 Å². The first-order valence-corrected chi connectivity index (χ1v) is 19.0. The lowest BCUT2D eigenvalue weighted by atomic mass is 9.88. The van der Waals surface area contributed by atoms with Crippen LogP contribution in [0.25, 0.3) is 10.8 Å². The van der Waals surface area contributed by atoms with Gasteiger partial charge in [0.05, 0.1) is 30.0 Å². The number of hydrogen-bond acceptors (Lipinski definition) is 9. The van der Waals surface area contributed by atoms with Gasteiger partial charge in [0.25, 0.3) is 5.91 Å². The number of fused-ring (bicyclic) bond motifs is 3. The van der Waals surface area contributed by atoms with Crippen molar-refractivity contribution in [3.05, 3.63) is 42.4 Å². The molecule has 4 amide bonds. The maximum Gasteiger partial charge on any atom is 0.405 e. The molecular weight excluding hydrogens is 685 g/mol. The summed E-state index contributed by atoms with van der Waals surface area (Å²) >= 11 is 0. The maximum atomic E-state index is 14.5. The molecule has 0 radical (unpaired) electrons. The summed E-state index contributed by atoms with van der Waals surface area (Å²) in [6.07, 6.45) is 5.75. The highest BCUT2D eigenvalue weighted by atomic mass is 32.2. The normalized spacial score (nSPS) is 30.5. The first-order valence-electron chi connectivity index (χ1n) is 17.4. The molecule has 16 heteroatoms. The summed E-state index contributed by atoms with van der Waals surface area (Å²) < 4.78 is 54.1. The summed E-state index contributed by atoms with van der Waals surface area (Å²) in [4.78, 5) is 59.8. The lowest BCUT2D eigenvalue weighted by molar-refractivity contribution is -0.142. The van der Waals surface area contributed by atoms with Crippen LogP contribution in [0.2, 0.25) is 0 Å². The first kappa shape index (κ1) is 36.3. The fraction of sp³-hybridized carbons (Fsp3) is 0.571. The minimum atomic E-state index is -3.93. The smallest absolute Gasteiger partial charge is 0.405 e. The van der Waals surface area contributed by atoms with Gasteiger partial charge in [0.15, 0.2) is 0 Å². The summed E-state index contributed by atoms with van der Waals surface area (Å²) in [6, 6.07) is 1.65. The van der Waals surface area contributed by atoms with Gasteiger partial charge >= 0.3 is 6.09 Å². The molecule has 1 aromatic heterocycles. The Balaban J connectivity index is 1.34. The number of benzene rings is 1. The Bertz CT molecular complexity index is 1850. The van der Waals surface area contributed by atoms with E-state index in [9.17, 15) is 37.1 Å². The van der Waals surface area contributed by atoms with Crippen molar-refractivity contribution in [2.45, 2.75) is 94.7 Å². The summed E-state index contributed by atoms with van der Waals surface area (Å²) in [5, 5.41) is 15.1. The number of nitrogens with one attached hydrogen (secondary N) is 3. The molecule has 2 aliphatic carbocycles. The number of nitrogens with zero attached hydrogens (tertiary/aromatic N) is 2. The molecule has 2 aromatic rings. The van der Waals surface area contributed by atoms with Crippen LogP contribution in [0.15, 0.2) is 36.5 Å². The van der Waals surface area contributed by atoms with Crippen LogP contribution in [-0.2, 0) is 24.4 Å². The molecular formula is C35H44FN5O9S. The van der Waals surface area contributed by atoms with Crippen molar-refractivity contribution >= 4 is 44.6 Å². The van der Waals surface area contributed by atoms with Crippen molar-refractivity contribution < 1.29 is 46.6 Å². The Labute approximate surface area is 295 Å². The molecule has 2 saturated carbocycles. The number of sulfonamides is 1. The summed E-state index contributed by atoms with van der Waals surface area (Å²) in [5.41, 5.74) is -1.56. The van der Waals surface area contributed by atoms with Crippen molar-refractivity contribution in [3.8, 4) is 11.6 Å². The molecule has 276 valence electrons. The van der Waals surface area contributed by atoms with E-state index >= 15 is 0 Å². The zero-order valence-corrected chi connectivity index (χ0v) is 29.6. The highest BCUT2D eigenvalue weighted by Crippen LogP contribution is 2.46. The van der Waals surface area contributed by atoms with E-state index in [1.54, 1.807) is 19.9 Å². The fourth-order valence-electron chi connectivity index (χ4n) is 7.32. The number of carbonyl (C=O) groups excluding carboxylic acids is 3.